The number of rotatable bonds is 13. The number of alkyl halides is 3. The van der Waals surface area contributed by atoms with Crippen LogP contribution in [-0.2, 0) is 32.9 Å². The maximum absolute atomic E-state index is 15.4. The molecule has 2 aromatic heterocycles. The van der Waals surface area contributed by atoms with Gasteiger partial charge in [-0.2, -0.15) is 0 Å². The highest BCUT2D eigenvalue weighted by molar-refractivity contribution is 7.54. The number of nitrogens with zero attached hydrogens (tertiary/aromatic N) is 4. The molecule has 42 heavy (non-hydrogen) atoms. The second kappa shape index (κ2) is 13.2. The summed E-state index contributed by atoms with van der Waals surface area (Å²) in [5, 5.41) is 15.3. The van der Waals surface area contributed by atoms with Crippen molar-refractivity contribution in [3.05, 3.63) is 12.7 Å². The van der Waals surface area contributed by atoms with Crippen LogP contribution in [0.2, 0.25) is 0 Å². The molecular formula is C23H35F3N7O8P. The summed E-state index contributed by atoms with van der Waals surface area (Å²) < 4.78 is 80.3. The zero-order valence-corrected chi connectivity index (χ0v) is 24.6. The van der Waals surface area contributed by atoms with Crippen LogP contribution in [0.25, 0.3) is 11.2 Å². The predicted octanol–water partition coefficient (Wildman–Crippen LogP) is 1.62. The lowest BCUT2D eigenvalue weighted by atomic mass is 9.97. The Kier molecular flexibility index (Phi) is 10.5. The standard InChI is InChI=1S/C23H35F3N7O8P/c1-10(2)39-20(35)12(5)31-42(37,32-13(6)21(36)40-11(3)4)38-7-23(22(25)26)16(34)14(24)19(41-23)33-9-30-15-17(27)28-8-29-18(15)33/h8-14,16,19,22,34H,7H2,1-6H3,(H2,27,28,29)(H2,31,32,37). The van der Waals surface area contributed by atoms with Crippen LogP contribution in [0.4, 0.5) is 19.0 Å². The van der Waals surface area contributed by atoms with E-state index in [1.165, 1.54) is 13.8 Å². The van der Waals surface area contributed by atoms with Crippen LogP contribution >= 0.6 is 7.67 Å². The molecule has 1 fully saturated rings. The molecule has 3 heterocycles. The van der Waals surface area contributed by atoms with Gasteiger partial charge in [0, 0.05) is 0 Å². The fourth-order valence-electron chi connectivity index (χ4n) is 4.00. The van der Waals surface area contributed by atoms with Crippen molar-refractivity contribution in [3.8, 4) is 0 Å². The average molecular weight is 626 g/mol. The Balaban J connectivity index is 1.91. The number of anilines is 1. The van der Waals surface area contributed by atoms with Gasteiger partial charge < -0.3 is 29.6 Å². The van der Waals surface area contributed by atoms with Crippen molar-refractivity contribution in [3.63, 3.8) is 0 Å². The van der Waals surface area contributed by atoms with Crippen LogP contribution < -0.4 is 15.9 Å². The maximum atomic E-state index is 15.4. The number of nitrogen functional groups attached to an aromatic ring is 1. The highest BCUT2D eigenvalue weighted by Gasteiger charge is 2.62. The number of halogens is 3. The summed E-state index contributed by atoms with van der Waals surface area (Å²) >= 11 is 0. The van der Waals surface area contributed by atoms with Crippen LogP contribution in [0.5, 0.6) is 0 Å². The third kappa shape index (κ3) is 7.18. The Labute approximate surface area is 239 Å². The molecule has 0 bridgehead atoms. The molecule has 0 spiro atoms. The minimum atomic E-state index is -4.64. The summed E-state index contributed by atoms with van der Waals surface area (Å²) in [6.45, 7) is 7.44. The van der Waals surface area contributed by atoms with Gasteiger partial charge in [-0.25, -0.2) is 38.3 Å². The highest BCUT2D eigenvalue weighted by Crippen LogP contribution is 2.47. The van der Waals surface area contributed by atoms with Crippen molar-refractivity contribution in [2.24, 2.45) is 0 Å². The number of carbonyl (C=O) groups excluding carboxylic acids is 2. The maximum Gasteiger partial charge on any atom is 0.342 e. The summed E-state index contributed by atoms with van der Waals surface area (Å²) in [4.78, 5) is 36.4. The molecule has 5 N–H and O–H groups in total. The van der Waals surface area contributed by atoms with Crippen molar-refractivity contribution in [1.29, 1.82) is 0 Å². The minimum absolute atomic E-state index is 0.0380. The van der Waals surface area contributed by atoms with Gasteiger partial charge in [0.15, 0.2) is 29.5 Å². The molecule has 0 radical (unpaired) electrons. The number of carbonyl (C=O) groups is 2. The number of ether oxygens (including phenoxy) is 3. The lowest BCUT2D eigenvalue weighted by Crippen LogP contribution is -2.53. The summed E-state index contributed by atoms with van der Waals surface area (Å²) in [5.74, 6) is -1.80. The Morgan fingerprint density at radius 2 is 1.64 bits per heavy atom. The number of fused-ring (bicyclic) bond motifs is 1. The quantitative estimate of drug-likeness (QED) is 0.185. The fourth-order valence-corrected chi connectivity index (χ4v) is 5.84. The molecule has 1 saturated heterocycles. The first kappa shape index (κ1) is 33.6. The van der Waals surface area contributed by atoms with Crippen molar-refractivity contribution in [2.75, 3.05) is 12.3 Å². The minimum Gasteiger partial charge on any atom is -0.462 e. The number of nitrogens with two attached hydrogens (primary N) is 1. The monoisotopic (exact) mass is 625 g/mol. The summed E-state index contributed by atoms with van der Waals surface area (Å²) in [7, 11) is -4.64. The van der Waals surface area contributed by atoms with Gasteiger partial charge in [0.05, 0.1) is 25.1 Å². The number of hydrogen-bond acceptors (Lipinski definition) is 12. The van der Waals surface area contributed by atoms with E-state index in [-0.39, 0.29) is 17.0 Å². The lowest BCUT2D eigenvalue weighted by molar-refractivity contribution is -0.191. The van der Waals surface area contributed by atoms with E-state index >= 15 is 4.39 Å². The molecule has 1 aliphatic heterocycles. The summed E-state index contributed by atoms with van der Waals surface area (Å²) in [5.41, 5.74) is 2.65. The first-order chi connectivity index (χ1) is 19.5. The second-order valence-corrected chi connectivity index (χ2v) is 12.1. The molecule has 1 aliphatic rings. The number of aliphatic hydroxyl groups is 1. The summed E-state index contributed by atoms with van der Waals surface area (Å²) in [6.07, 6.45) is -9.43. The molecule has 15 nitrogen and oxygen atoms in total. The van der Waals surface area contributed by atoms with Gasteiger partial charge in [-0.05, 0) is 41.5 Å². The number of imidazole rings is 1. The Bertz CT molecular complexity index is 1280. The van der Waals surface area contributed by atoms with E-state index in [0.717, 1.165) is 17.2 Å². The van der Waals surface area contributed by atoms with Crippen LogP contribution in [0.1, 0.15) is 47.8 Å². The van der Waals surface area contributed by atoms with Crippen LogP contribution in [0.15, 0.2) is 12.7 Å². The molecule has 2 aromatic rings. The van der Waals surface area contributed by atoms with Crippen LogP contribution in [0.3, 0.4) is 0 Å². The highest BCUT2D eigenvalue weighted by atomic mass is 31.2. The van der Waals surface area contributed by atoms with Crippen molar-refractivity contribution in [2.45, 2.75) is 96.4 Å². The molecule has 6 unspecified atom stereocenters. The van der Waals surface area contributed by atoms with E-state index in [9.17, 15) is 28.0 Å². The van der Waals surface area contributed by atoms with E-state index in [1.54, 1.807) is 27.7 Å². The van der Waals surface area contributed by atoms with Gasteiger partial charge in [0.2, 0.25) is 0 Å². The topological polar surface area (TPSA) is 202 Å². The zero-order valence-electron chi connectivity index (χ0n) is 23.7. The van der Waals surface area contributed by atoms with Crippen molar-refractivity contribution in [1.82, 2.24) is 29.7 Å². The molecule has 0 amide bonds. The Hall–Kier alpha value is -2.89. The van der Waals surface area contributed by atoms with Crippen molar-refractivity contribution < 1.29 is 51.2 Å². The molecule has 0 aromatic carbocycles. The van der Waals surface area contributed by atoms with Crippen molar-refractivity contribution >= 4 is 36.6 Å². The van der Waals surface area contributed by atoms with E-state index in [4.69, 9.17) is 24.5 Å². The van der Waals surface area contributed by atoms with E-state index in [1.807, 2.05) is 0 Å². The van der Waals surface area contributed by atoms with Gasteiger partial charge in [-0.1, -0.05) is 0 Å². The zero-order chi connectivity index (χ0) is 31.6. The van der Waals surface area contributed by atoms with E-state index in [2.05, 4.69) is 25.1 Å². The average Bonchev–Trinajstić information content (AvgIpc) is 3.42. The Morgan fingerprint density at radius 3 is 2.14 bits per heavy atom. The van der Waals surface area contributed by atoms with Gasteiger partial charge in [0.1, 0.15) is 30.0 Å². The van der Waals surface area contributed by atoms with Gasteiger partial charge in [-0.3, -0.25) is 18.7 Å². The summed E-state index contributed by atoms with van der Waals surface area (Å²) in [6, 6.07) is -2.67. The van der Waals surface area contributed by atoms with Gasteiger partial charge in [0.25, 0.3) is 6.43 Å². The molecule has 0 aliphatic carbocycles. The number of nitrogens with one attached hydrogen (secondary N) is 2. The number of aliphatic hydroxyl groups excluding tert-OH is 1. The molecule has 6 atom stereocenters. The number of esters is 2. The number of aromatic nitrogens is 4. The van der Waals surface area contributed by atoms with Gasteiger partial charge in [-0.15, -0.1) is 0 Å². The third-order valence-corrected chi connectivity index (χ3v) is 8.00. The molecule has 236 valence electrons. The first-order valence-electron chi connectivity index (χ1n) is 12.9. The predicted molar refractivity (Wildman–Crippen MR) is 141 cm³/mol. The normalized spacial score (nSPS) is 25.6. The molecular weight excluding hydrogens is 590 g/mol. The fraction of sp³-hybridized carbons (Fsp3) is 0.696. The smallest absolute Gasteiger partial charge is 0.342 e. The van der Waals surface area contributed by atoms with E-state index in [0.29, 0.717) is 0 Å². The van der Waals surface area contributed by atoms with E-state index < -0.39 is 81.0 Å². The first-order valence-corrected chi connectivity index (χ1v) is 14.6. The largest absolute Gasteiger partial charge is 0.462 e. The second-order valence-electron chi connectivity index (χ2n) is 10.2. The molecule has 3 rings (SSSR count). The molecule has 19 heteroatoms. The third-order valence-electron chi connectivity index (χ3n) is 6.06. The lowest BCUT2D eigenvalue weighted by Gasteiger charge is -2.33. The number of hydrogen-bond donors (Lipinski definition) is 4. The van der Waals surface area contributed by atoms with Crippen LogP contribution in [-0.4, -0.2) is 91.8 Å². The Morgan fingerprint density at radius 1 is 1.10 bits per heavy atom. The van der Waals surface area contributed by atoms with Gasteiger partial charge >= 0.3 is 19.6 Å². The SMILES string of the molecule is CC(C)OC(=O)C(C)NP(=O)(NC(C)C(=O)OC(C)C)OCC1(C(F)F)OC(n2cnc3c(N)ncnc32)C(F)C1O. The molecule has 0 saturated carbocycles. The van der Waals surface area contributed by atoms with Crippen LogP contribution in [0, 0.1) is 0 Å².